The van der Waals surface area contributed by atoms with Crippen LogP contribution in [0.4, 0.5) is 0 Å². The zero-order valence-electron chi connectivity index (χ0n) is 14.5. The van der Waals surface area contributed by atoms with Crippen LogP contribution in [-0.4, -0.2) is 20.4 Å². The zero-order valence-corrected chi connectivity index (χ0v) is 15.3. The van der Waals surface area contributed by atoms with Crippen molar-refractivity contribution >= 4 is 15.9 Å². The minimum atomic E-state index is -3.70. The van der Waals surface area contributed by atoms with Crippen molar-refractivity contribution in [2.75, 3.05) is 0 Å². The number of primary sulfonamides is 1. The molecule has 2 aromatic rings. The highest BCUT2D eigenvalue weighted by Crippen LogP contribution is 2.58. The van der Waals surface area contributed by atoms with Crippen LogP contribution in [0.15, 0.2) is 53.4 Å². The van der Waals surface area contributed by atoms with Gasteiger partial charge in [0, 0.05) is 17.5 Å². The van der Waals surface area contributed by atoms with E-state index in [1.54, 1.807) is 12.1 Å². The van der Waals surface area contributed by atoms with Gasteiger partial charge < -0.3 is 5.32 Å². The second kappa shape index (κ2) is 5.97. The Kier molecular flexibility index (Phi) is 4.21. The summed E-state index contributed by atoms with van der Waals surface area (Å²) >= 11 is 0. The van der Waals surface area contributed by atoms with E-state index >= 15 is 0 Å². The largest absolute Gasteiger partial charge is 0.348 e. The summed E-state index contributed by atoms with van der Waals surface area (Å²) in [7, 11) is -3.70. The summed E-state index contributed by atoms with van der Waals surface area (Å²) in [6.45, 7) is 6.16. The van der Waals surface area contributed by atoms with E-state index in [4.69, 9.17) is 5.14 Å². The van der Waals surface area contributed by atoms with Crippen molar-refractivity contribution in [3.63, 3.8) is 0 Å². The lowest BCUT2D eigenvalue weighted by atomic mass is 10.0. The summed E-state index contributed by atoms with van der Waals surface area (Å²) in [4.78, 5) is 12.5. The highest BCUT2D eigenvalue weighted by atomic mass is 32.2. The van der Waals surface area contributed by atoms with Crippen molar-refractivity contribution in [1.29, 1.82) is 0 Å². The highest BCUT2D eigenvalue weighted by Gasteiger charge is 2.59. The predicted molar refractivity (Wildman–Crippen MR) is 96.8 cm³/mol. The van der Waals surface area contributed by atoms with E-state index in [0.29, 0.717) is 5.56 Å². The Balaban J connectivity index is 1.76. The quantitative estimate of drug-likeness (QED) is 0.880. The lowest BCUT2D eigenvalue weighted by molar-refractivity contribution is 0.0946. The second-order valence-corrected chi connectivity index (χ2v) is 8.79. The smallest absolute Gasteiger partial charge is 0.251 e. The van der Waals surface area contributed by atoms with E-state index in [9.17, 15) is 13.2 Å². The molecule has 1 amide bonds. The number of carbonyl (C=O) groups excluding carboxylic acids is 1. The molecule has 5 nitrogen and oxygen atoms in total. The molecule has 2 unspecified atom stereocenters. The number of nitrogens with two attached hydrogens (primary N) is 1. The molecule has 0 radical (unpaired) electrons. The maximum atomic E-state index is 12.4. The van der Waals surface area contributed by atoms with Crippen LogP contribution in [0.5, 0.6) is 0 Å². The summed E-state index contributed by atoms with van der Waals surface area (Å²) in [5, 5.41) is 8.23. The third kappa shape index (κ3) is 3.45. The first-order valence-corrected chi connectivity index (χ1v) is 9.65. The van der Waals surface area contributed by atoms with E-state index in [1.807, 2.05) is 31.2 Å². The topological polar surface area (TPSA) is 89.3 Å². The predicted octanol–water partition coefficient (Wildman–Crippen LogP) is 2.56. The summed E-state index contributed by atoms with van der Waals surface area (Å²) in [6.07, 6.45) is 0. The average Bonchev–Trinajstić information content (AvgIpc) is 3.07. The Labute approximate surface area is 148 Å². The summed E-state index contributed by atoms with van der Waals surface area (Å²) < 4.78 is 22.7. The van der Waals surface area contributed by atoms with Gasteiger partial charge in [-0.15, -0.1) is 0 Å². The number of rotatable bonds is 4. The van der Waals surface area contributed by atoms with Gasteiger partial charge in [0.25, 0.3) is 5.91 Å². The Morgan fingerprint density at radius 3 is 2.12 bits per heavy atom. The molecular formula is C19H22N2O3S. The summed E-state index contributed by atoms with van der Waals surface area (Å²) in [5.74, 6) is 0.0400. The molecule has 1 aliphatic carbocycles. The first-order valence-electron chi connectivity index (χ1n) is 8.11. The Morgan fingerprint density at radius 1 is 1.04 bits per heavy atom. The molecule has 2 atom stereocenters. The minimum absolute atomic E-state index is 0.00152. The molecule has 2 aromatic carbocycles. The minimum Gasteiger partial charge on any atom is -0.348 e. The number of aryl methyl sites for hydroxylation is 1. The van der Waals surface area contributed by atoms with Crippen LogP contribution in [-0.2, 0) is 10.0 Å². The molecule has 3 rings (SSSR count). The molecule has 1 aliphatic rings. The number of nitrogens with one attached hydrogen (secondary N) is 1. The Morgan fingerprint density at radius 2 is 1.60 bits per heavy atom. The summed E-state index contributed by atoms with van der Waals surface area (Å²) in [6, 6.07) is 14.0. The van der Waals surface area contributed by atoms with Crippen molar-refractivity contribution in [1.82, 2.24) is 5.32 Å². The Bertz CT molecular complexity index is 901. The lowest BCUT2D eigenvalue weighted by Crippen LogP contribution is -2.28. The molecule has 0 saturated heterocycles. The van der Waals surface area contributed by atoms with Crippen LogP contribution in [0, 0.1) is 12.3 Å². The lowest BCUT2D eigenvalue weighted by Gasteiger charge is -2.06. The Hall–Kier alpha value is -2.18. The molecule has 0 aromatic heterocycles. The number of amides is 1. The average molecular weight is 358 g/mol. The van der Waals surface area contributed by atoms with Crippen molar-refractivity contribution in [2.45, 2.75) is 37.6 Å². The molecule has 0 aliphatic heterocycles. The standard InChI is InChI=1S/C19H22N2O3S/c1-12-4-6-14(7-5-12)18(22)21-17-16(19(17,2)3)13-8-10-15(11-9-13)25(20,23)24/h4-11,16-17H,1-3H3,(H,21,22)(H2,20,23,24). The first-order chi connectivity index (χ1) is 11.6. The van der Waals surface area contributed by atoms with Crippen molar-refractivity contribution in [2.24, 2.45) is 10.6 Å². The van der Waals surface area contributed by atoms with E-state index in [-0.39, 0.29) is 28.2 Å². The molecule has 1 fully saturated rings. The number of hydrogen-bond acceptors (Lipinski definition) is 3. The molecule has 3 N–H and O–H groups in total. The molecular weight excluding hydrogens is 336 g/mol. The molecule has 25 heavy (non-hydrogen) atoms. The molecule has 0 bridgehead atoms. The third-order valence-corrected chi connectivity index (χ3v) is 5.92. The van der Waals surface area contributed by atoms with E-state index in [1.165, 1.54) is 12.1 Å². The van der Waals surface area contributed by atoms with E-state index < -0.39 is 10.0 Å². The number of benzene rings is 2. The van der Waals surface area contributed by atoms with Crippen LogP contribution in [0.2, 0.25) is 0 Å². The van der Waals surface area contributed by atoms with Gasteiger partial charge in [0.1, 0.15) is 0 Å². The fraction of sp³-hybridized carbons (Fsp3) is 0.316. The van der Waals surface area contributed by atoms with Gasteiger partial charge in [-0.25, -0.2) is 13.6 Å². The SMILES string of the molecule is Cc1ccc(C(=O)NC2C(c3ccc(S(N)(=O)=O)cc3)C2(C)C)cc1. The van der Waals surface area contributed by atoms with Crippen LogP contribution >= 0.6 is 0 Å². The fourth-order valence-corrected chi connectivity index (χ4v) is 3.84. The van der Waals surface area contributed by atoms with Gasteiger partial charge in [-0.3, -0.25) is 4.79 Å². The molecule has 1 saturated carbocycles. The van der Waals surface area contributed by atoms with Crippen LogP contribution in [0.3, 0.4) is 0 Å². The van der Waals surface area contributed by atoms with Crippen molar-refractivity contribution in [3.05, 3.63) is 65.2 Å². The molecule has 0 spiro atoms. The van der Waals surface area contributed by atoms with Gasteiger partial charge in [-0.1, -0.05) is 43.7 Å². The van der Waals surface area contributed by atoms with Crippen LogP contribution < -0.4 is 10.5 Å². The molecule has 6 heteroatoms. The van der Waals surface area contributed by atoms with Gasteiger partial charge in [0.05, 0.1) is 4.90 Å². The number of sulfonamides is 1. The maximum absolute atomic E-state index is 12.4. The monoisotopic (exact) mass is 358 g/mol. The van der Waals surface area contributed by atoms with E-state index in [0.717, 1.165) is 11.1 Å². The van der Waals surface area contributed by atoms with Gasteiger partial charge in [-0.2, -0.15) is 0 Å². The third-order valence-electron chi connectivity index (χ3n) is 5.00. The summed E-state index contributed by atoms with van der Waals surface area (Å²) in [5.41, 5.74) is 2.64. The van der Waals surface area contributed by atoms with Gasteiger partial charge in [0.2, 0.25) is 10.0 Å². The fourth-order valence-electron chi connectivity index (χ4n) is 3.32. The normalized spacial score (nSPS) is 21.6. The van der Waals surface area contributed by atoms with Gasteiger partial charge in [0.15, 0.2) is 0 Å². The number of carbonyl (C=O) groups is 1. The van der Waals surface area contributed by atoms with Crippen LogP contribution in [0.25, 0.3) is 0 Å². The van der Waals surface area contributed by atoms with Crippen molar-refractivity contribution < 1.29 is 13.2 Å². The first kappa shape index (κ1) is 17.6. The van der Waals surface area contributed by atoms with E-state index in [2.05, 4.69) is 19.2 Å². The molecule has 132 valence electrons. The second-order valence-electron chi connectivity index (χ2n) is 7.23. The van der Waals surface area contributed by atoms with Crippen molar-refractivity contribution in [3.8, 4) is 0 Å². The number of hydrogen-bond donors (Lipinski definition) is 2. The van der Waals surface area contributed by atoms with Gasteiger partial charge >= 0.3 is 0 Å². The zero-order chi connectivity index (χ0) is 18.4. The maximum Gasteiger partial charge on any atom is 0.251 e. The van der Waals surface area contributed by atoms with Crippen LogP contribution in [0.1, 0.15) is 41.3 Å². The molecule has 0 heterocycles. The highest BCUT2D eigenvalue weighted by molar-refractivity contribution is 7.89. The van der Waals surface area contributed by atoms with Gasteiger partial charge in [-0.05, 0) is 42.2 Å².